The van der Waals surface area contributed by atoms with Crippen molar-refractivity contribution in [2.24, 2.45) is 5.14 Å². The number of carbonyl (C=O) groups is 1. The van der Waals surface area contributed by atoms with Crippen LogP contribution in [0.25, 0.3) is 0 Å². The van der Waals surface area contributed by atoms with Crippen LogP contribution in [0, 0.1) is 6.92 Å². The Morgan fingerprint density at radius 2 is 1.90 bits per heavy atom. The molecule has 2 aromatic rings. The molecule has 0 spiro atoms. The number of benzene rings is 2. The van der Waals surface area contributed by atoms with E-state index in [1.54, 1.807) is 12.1 Å². The van der Waals surface area contributed by atoms with E-state index in [9.17, 15) is 13.2 Å². The Morgan fingerprint density at radius 1 is 1.19 bits per heavy atom. The lowest BCUT2D eigenvalue weighted by Gasteiger charge is -2.08. The maximum absolute atomic E-state index is 12.1. The fourth-order valence-corrected chi connectivity index (χ4v) is 2.86. The van der Waals surface area contributed by atoms with Gasteiger partial charge in [0.15, 0.2) is 0 Å². The summed E-state index contributed by atoms with van der Waals surface area (Å²) >= 11 is 5.78. The van der Waals surface area contributed by atoms with Gasteiger partial charge in [0.1, 0.15) is 4.90 Å². The number of anilines is 1. The molecule has 3 N–H and O–H groups in total. The molecule has 0 aromatic heterocycles. The van der Waals surface area contributed by atoms with Gasteiger partial charge in [-0.25, -0.2) is 13.6 Å². The van der Waals surface area contributed by atoms with Crippen molar-refractivity contribution in [3.63, 3.8) is 0 Å². The minimum atomic E-state index is -3.98. The quantitative estimate of drug-likeness (QED) is 0.909. The molecule has 2 rings (SSSR count). The number of primary sulfonamides is 1. The van der Waals surface area contributed by atoms with Crippen molar-refractivity contribution in [1.29, 1.82) is 0 Å². The van der Waals surface area contributed by atoms with Gasteiger partial charge in [-0.05, 0) is 42.8 Å². The van der Waals surface area contributed by atoms with Gasteiger partial charge >= 0.3 is 0 Å². The lowest BCUT2D eigenvalue weighted by atomic mass is 10.2. The molecule has 0 atom stereocenters. The second-order valence-corrected chi connectivity index (χ2v) is 6.45. The number of amides is 1. The van der Waals surface area contributed by atoms with Crippen molar-refractivity contribution < 1.29 is 13.2 Å². The average Bonchev–Trinajstić information content (AvgIpc) is 2.37. The smallest absolute Gasteiger partial charge is 0.255 e. The summed E-state index contributed by atoms with van der Waals surface area (Å²) in [5, 5.41) is 7.71. The first kappa shape index (κ1) is 15.5. The standard InChI is InChI=1S/C14H13ClN2O3S/c1-9-3-2-4-11(7-9)17-14(18)10-5-6-12(15)13(8-10)21(16,19)20/h2-8H,1H3,(H,17,18)(H2,16,19,20). The average molecular weight is 325 g/mol. The molecule has 1 amide bonds. The third-order valence-electron chi connectivity index (χ3n) is 2.78. The lowest BCUT2D eigenvalue weighted by molar-refractivity contribution is 0.102. The van der Waals surface area contributed by atoms with Crippen LogP contribution in [0.2, 0.25) is 5.02 Å². The second-order valence-electron chi connectivity index (χ2n) is 4.51. The summed E-state index contributed by atoms with van der Waals surface area (Å²) in [5.74, 6) is -0.442. The molecule has 21 heavy (non-hydrogen) atoms. The van der Waals surface area contributed by atoms with Gasteiger partial charge in [0, 0.05) is 11.3 Å². The molecule has 0 bridgehead atoms. The molecule has 0 saturated carbocycles. The zero-order valence-electron chi connectivity index (χ0n) is 11.1. The topological polar surface area (TPSA) is 89.3 Å². The van der Waals surface area contributed by atoms with Crippen LogP contribution in [0.15, 0.2) is 47.4 Å². The molecule has 0 radical (unpaired) electrons. The zero-order valence-corrected chi connectivity index (χ0v) is 12.7. The zero-order chi connectivity index (χ0) is 15.6. The maximum atomic E-state index is 12.1. The summed E-state index contributed by atoms with van der Waals surface area (Å²) in [5.41, 5.74) is 1.77. The first-order valence-corrected chi connectivity index (χ1v) is 7.90. The Labute approximate surface area is 127 Å². The molecule has 7 heteroatoms. The normalized spacial score (nSPS) is 11.2. The Morgan fingerprint density at radius 3 is 2.52 bits per heavy atom. The van der Waals surface area contributed by atoms with E-state index in [-0.39, 0.29) is 15.5 Å². The largest absolute Gasteiger partial charge is 0.322 e. The summed E-state index contributed by atoms with van der Waals surface area (Å²) in [6.07, 6.45) is 0. The van der Waals surface area contributed by atoms with E-state index in [0.717, 1.165) is 11.6 Å². The number of hydrogen-bond donors (Lipinski definition) is 2. The summed E-state index contributed by atoms with van der Waals surface area (Å²) in [4.78, 5) is 11.8. The highest BCUT2D eigenvalue weighted by molar-refractivity contribution is 7.89. The molecule has 2 aromatic carbocycles. The number of nitrogens with two attached hydrogens (primary N) is 1. The third-order valence-corrected chi connectivity index (χ3v) is 4.17. The van der Waals surface area contributed by atoms with Crippen molar-refractivity contribution in [1.82, 2.24) is 0 Å². The van der Waals surface area contributed by atoms with Crippen LogP contribution in [-0.4, -0.2) is 14.3 Å². The Hall–Kier alpha value is -1.89. The van der Waals surface area contributed by atoms with Gasteiger partial charge in [-0.3, -0.25) is 4.79 Å². The third kappa shape index (κ3) is 3.81. The van der Waals surface area contributed by atoms with Crippen LogP contribution in [0.1, 0.15) is 15.9 Å². The van der Waals surface area contributed by atoms with E-state index >= 15 is 0 Å². The van der Waals surface area contributed by atoms with Gasteiger partial charge in [-0.1, -0.05) is 23.7 Å². The van der Waals surface area contributed by atoms with E-state index in [0.29, 0.717) is 5.69 Å². The fraction of sp³-hybridized carbons (Fsp3) is 0.0714. The van der Waals surface area contributed by atoms with Crippen molar-refractivity contribution >= 4 is 33.2 Å². The maximum Gasteiger partial charge on any atom is 0.255 e. The van der Waals surface area contributed by atoms with Crippen molar-refractivity contribution in [3.8, 4) is 0 Å². The number of rotatable bonds is 3. The van der Waals surface area contributed by atoms with Crippen LogP contribution >= 0.6 is 11.6 Å². The Kier molecular flexibility index (Phi) is 4.32. The van der Waals surface area contributed by atoms with Crippen LogP contribution in [-0.2, 0) is 10.0 Å². The van der Waals surface area contributed by atoms with Crippen LogP contribution in [0.3, 0.4) is 0 Å². The highest BCUT2D eigenvalue weighted by Crippen LogP contribution is 2.22. The Bertz CT molecular complexity index is 804. The molecule has 0 heterocycles. The number of nitrogens with one attached hydrogen (secondary N) is 1. The summed E-state index contributed by atoms with van der Waals surface area (Å²) < 4.78 is 22.8. The summed E-state index contributed by atoms with van der Waals surface area (Å²) in [6.45, 7) is 1.90. The van der Waals surface area contributed by atoms with E-state index in [4.69, 9.17) is 16.7 Å². The highest BCUT2D eigenvalue weighted by atomic mass is 35.5. The predicted octanol–water partition coefficient (Wildman–Crippen LogP) is 2.55. The fourth-order valence-electron chi connectivity index (χ4n) is 1.79. The molecular weight excluding hydrogens is 312 g/mol. The van der Waals surface area contributed by atoms with Crippen LogP contribution in [0.5, 0.6) is 0 Å². The highest BCUT2D eigenvalue weighted by Gasteiger charge is 2.16. The first-order chi connectivity index (χ1) is 9.77. The van der Waals surface area contributed by atoms with Gasteiger partial charge in [0.25, 0.3) is 5.91 Å². The minimum absolute atomic E-state index is 0.0235. The second kappa shape index (κ2) is 5.85. The number of halogens is 1. The van der Waals surface area contributed by atoms with E-state index in [2.05, 4.69) is 5.32 Å². The molecular formula is C14H13ClN2O3S. The molecule has 0 saturated heterocycles. The van der Waals surface area contributed by atoms with Gasteiger partial charge in [-0.2, -0.15) is 0 Å². The molecule has 0 fully saturated rings. The van der Waals surface area contributed by atoms with Crippen molar-refractivity contribution in [2.75, 3.05) is 5.32 Å². The first-order valence-electron chi connectivity index (χ1n) is 5.98. The van der Waals surface area contributed by atoms with Gasteiger partial charge in [0.05, 0.1) is 5.02 Å². The van der Waals surface area contributed by atoms with Crippen LogP contribution < -0.4 is 10.5 Å². The molecule has 110 valence electrons. The molecule has 0 unspecified atom stereocenters. The number of aryl methyl sites for hydroxylation is 1. The van der Waals surface area contributed by atoms with Crippen LogP contribution in [0.4, 0.5) is 5.69 Å². The van der Waals surface area contributed by atoms with E-state index in [1.165, 1.54) is 12.1 Å². The summed E-state index contributed by atoms with van der Waals surface area (Å²) in [7, 11) is -3.98. The summed E-state index contributed by atoms with van der Waals surface area (Å²) in [6, 6.07) is 11.2. The number of carbonyl (C=O) groups excluding carboxylic acids is 1. The minimum Gasteiger partial charge on any atom is -0.322 e. The lowest BCUT2D eigenvalue weighted by Crippen LogP contribution is -2.16. The van der Waals surface area contributed by atoms with Crippen molar-refractivity contribution in [2.45, 2.75) is 11.8 Å². The van der Waals surface area contributed by atoms with E-state index in [1.807, 2.05) is 19.1 Å². The monoisotopic (exact) mass is 324 g/mol. The van der Waals surface area contributed by atoms with Gasteiger partial charge < -0.3 is 5.32 Å². The number of sulfonamides is 1. The van der Waals surface area contributed by atoms with Gasteiger partial charge in [0.2, 0.25) is 10.0 Å². The van der Waals surface area contributed by atoms with Gasteiger partial charge in [-0.15, -0.1) is 0 Å². The molecule has 0 aliphatic carbocycles. The molecule has 0 aliphatic heterocycles. The Balaban J connectivity index is 2.32. The van der Waals surface area contributed by atoms with E-state index < -0.39 is 15.9 Å². The SMILES string of the molecule is Cc1cccc(NC(=O)c2ccc(Cl)c(S(N)(=O)=O)c2)c1. The predicted molar refractivity (Wildman–Crippen MR) is 82.0 cm³/mol. The molecule has 0 aliphatic rings. The molecule has 5 nitrogen and oxygen atoms in total. The van der Waals surface area contributed by atoms with Crippen molar-refractivity contribution in [3.05, 3.63) is 58.6 Å². The number of hydrogen-bond acceptors (Lipinski definition) is 3.